The summed E-state index contributed by atoms with van der Waals surface area (Å²) in [6.07, 6.45) is 0. The van der Waals surface area contributed by atoms with E-state index in [0.29, 0.717) is 35.3 Å². The van der Waals surface area contributed by atoms with Crippen molar-refractivity contribution in [2.45, 2.75) is 0 Å². The number of carbonyl (C=O) groups excluding carboxylic acids is 1. The summed E-state index contributed by atoms with van der Waals surface area (Å²) < 4.78 is 10.9. The van der Waals surface area contributed by atoms with E-state index in [4.69, 9.17) is 21.1 Å². The zero-order valence-electron chi connectivity index (χ0n) is 10.6. The maximum Gasteiger partial charge on any atom is 0.255 e. The minimum Gasteiger partial charge on any atom is -0.486 e. The number of fused-ring (bicyclic) bond motifs is 1. The van der Waals surface area contributed by atoms with Gasteiger partial charge in [-0.3, -0.25) is 4.79 Å². The molecule has 0 atom stereocenters. The third kappa shape index (κ3) is 2.56. The molecule has 1 N–H and O–H groups in total. The molecule has 0 aliphatic carbocycles. The van der Waals surface area contributed by atoms with Crippen LogP contribution in [0.2, 0.25) is 5.02 Å². The number of nitrogens with one attached hydrogen (secondary N) is 1. The van der Waals surface area contributed by atoms with E-state index < -0.39 is 0 Å². The Hall–Kier alpha value is -2.20. The van der Waals surface area contributed by atoms with Crippen LogP contribution in [0.3, 0.4) is 0 Å². The highest BCUT2D eigenvalue weighted by Gasteiger charge is 2.19. The number of carbonyl (C=O) groups is 1. The number of hydrogen-bond acceptors (Lipinski definition) is 3. The lowest BCUT2D eigenvalue weighted by Gasteiger charge is -2.20. The molecule has 0 bridgehead atoms. The van der Waals surface area contributed by atoms with E-state index in [9.17, 15) is 4.79 Å². The molecule has 0 unspecified atom stereocenters. The number of benzene rings is 2. The molecule has 1 aliphatic heterocycles. The predicted molar refractivity (Wildman–Crippen MR) is 76.8 cm³/mol. The maximum atomic E-state index is 12.2. The number of rotatable bonds is 2. The molecule has 1 aliphatic rings. The van der Waals surface area contributed by atoms with Gasteiger partial charge < -0.3 is 14.8 Å². The highest BCUT2D eigenvalue weighted by molar-refractivity contribution is 6.32. The van der Waals surface area contributed by atoms with E-state index >= 15 is 0 Å². The molecule has 5 heteroatoms. The van der Waals surface area contributed by atoms with Crippen molar-refractivity contribution in [2.75, 3.05) is 18.5 Å². The van der Waals surface area contributed by atoms with Crippen molar-refractivity contribution < 1.29 is 14.3 Å². The van der Waals surface area contributed by atoms with Gasteiger partial charge in [-0.05, 0) is 24.3 Å². The second-order valence-corrected chi connectivity index (χ2v) is 4.71. The van der Waals surface area contributed by atoms with Crippen LogP contribution in [-0.4, -0.2) is 19.1 Å². The third-order valence-corrected chi connectivity index (χ3v) is 3.17. The van der Waals surface area contributed by atoms with Gasteiger partial charge in [-0.2, -0.15) is 0 Å². The van der Waals surface area contributed by atoms with Gasteiger partial charge >= 0.3 is 0 Å². The standard InChI is InChI=1S/C15H12ClNO3/c16-12-8-10(9-13-14(12)20-7-6-19-13)15(18)17-11-4-2-1-3-5-11/h1-5,8-9H,6-7H2,(H,17,18). The molecule has 0 radical (unpaired) electrons. The minimum absolute atomic E-state index is 0.241. The van der Waals surface area contributed by atoms with Gasteiger partial charge in [0.2, 0.25) is 0 Å². The molecule has 1 heterocycles. The Balaban J connectivity index is 1.87. The summed E-state index contributed by atoms with van der Waals surface area (Å²) in [5, 5.41) is 3.17. The summed E-state index contributed by atoms with van der Waals surface area (Å²) in [5.74, 6) is 0.756. The number of ether oxygens (including phenoxy) is 2. The highest BCUT2D eigenvalue weighted by Crippen LogP contribution is 2.38. The molecule has 102 valence electrons. The summed E-state index contributed by atoms with van der Waals surface area (Å²) >= 11 is 6.11. The lowest BCUT2D eigenvalue weighted by Crippen LogP contribution is -2.17. The van der Waals surface area contributed by atoms with Crippen molar-refractivity contribution in [1.82, 2.24) is 0 Å². The Morgan fingerprint density at radius 3 is 2.65 bits per heavy atom. The Labute approximate surface area is 121 Å². The van der Waals surface area contributed by atoms with Crippen LogP contribution in [0, 0.1) is 0 Å². The summed E-state index contributed by atoms with van der Waals surface area (Å²) in [7, 11) is 0. The molecule has 2 aromatic rings. The zero-order chi connectivity index (χ0) is 13.9. The SMILES string of the molecule is O=C(Nc1ccccc1)c1cc(Cl)c2c(c1)OCCO2. The average Bonchev–Trinajstić information content (AvgIpc) is 2.48. The van der Waals surface area contributed by atoms with Crippen LogP contribution in [0.4, 0.5) is 5.69 Å². The van der Waals surface area contributed by atoms with Gasteiger partial charge in [0, 0.05) is 11.3 Å². The average molecular weight is 290 g/mol. The fourth-order valence-electron chi connectivity index (χ4n) is 1.97. The van der Waals surface area contributed by atoms with Crippen molar-refractivity contribution in [3.05, 3.63) is 53.1 Å². The van der Waals surface area contributed by atoms with Crippen LogP contribution in [0.5, 0.6) is 11.5 Å². The van der Waals surface area contributed by atoms with Crippen molar-refractivity contribution in [1.29, 1.82) is 0 Å². The normalized spacial score (nSPS) is 12.8. The Morgan fingerprint density at radius 1 is 1.10 bits per heavy atom. The molecule has 20 heavy (non-hydrogen) atoms. The van der Waals surface area contributed by atoms with Gasteiger partial charge in [0.15, 0.2) is 11.5 Å². The molecule has 0 fully saturated rings. The van der Waals surface area contributed by atoms with Gasteiger partial charge in [-0.15, -0.1) is 0 Å². The lowest BCUT2D eigenvalue weighted by atomic mass is 10.1. The van der Waals surface area contributed by atoms with Gasteiger partial charge in [0.1, 0.15) is 13.2 Å². The van der Waals surface area contributed by atoms with Crippen LogP contribution in [0.25, 0.3) is 0 Å². The van der Waals surface area contributed by atoms with E-state index in [-0.39, 0.29) is 5.91 Å². The summed E-state index contributed by atoms with van der Waals surface area (Å²) in [5.41, 5.74) is 1.16. The van der Waals surface area contributed by atoms with Crippen molar-refractivity contribution >= 4 is 23.2 Å². The molecule has 0 aromatic heterocycles. The van der Waals surface area contributed by atoms with Crippen molar-refractivity contribution in [3.63, 3.8) is 0 Å². The first-order valence-corrected chi connectivity index (χ1v) is 6.57. The molecule has 0 saturated heterocycles. The first kappa shape index (κ1) is 12.8. The minimum atomic E-state index is -0.241. The molecule has 0 spiro atoms. The maximum absolute atomic E-state index is 12.2. The molecule has 1 amide bonds. The van der Waals surface area contributed by atoms with Crippen LogP contribution in [0.1, 0.15) is 10.4 Å². The van der Waals surface area contributed by atoms with E-state index in [0.717, 1.165) is 5.69 Å². The number of hydrogen-bond donors (Lipinski definition) is 1. The van der Waals surface area contributed by atoms with Crippen molar-refractivity contribution in [3.8, 4) is 11.5 Å². The number of halogens is 1. The Kier molecular flexibility index (Phi) is 3.48. The van der Waals surface area contributed by atoms with Crippen LogP contribution >= 0.6 is 11.6 Å². The third-order valence-electron chi connectivity index (χ3n) is 2.89. The van der Waals surface area contributed by atoms with Gasteiger partial charge in [0.05, 0.1) is 5.02 Å². The van der Waals surface area contributed by atoms with Gasteiger partial charge in [0.25, 0.3) is 5.91 Å². The Morgan fingerprint density at radius 2 is 1.85 bits per heavy atom. The largest absolute Gasteiger partial charge is 0.486 e. The molecular weight excluding hydrogens is 278 g/mol. The quantitative estimate of drug-likeness (QED) is 0.922. The predicted octanol–water partition coefficient (Wildman–Crippen LogP) is 3.36. The molecule has 3 rings (SSSR count). The van der Waals surface area contributed by atoms with E-state index in [1.54, 1.807) is 12.1 Å². The van der Waals surface area contributed by atoms with Crippen molar-refractivity contribution in [2.24, 2.45) is 0 Å². The van der Waals surface area contributed by atoms with Crippen LogP contribution in [0.15, 0.2) is 42.5 Å². The summed E-state index contributed by atoms with van der Waals surface area (Å²) in [6, 6.07) is 12.4. The van der Waals surface area contributed by atoms with Gasteiger partial charge in [-0.25, -0.2) is 0 Å². The van der Waals surface area contributed by atoms with E-state index in [1.165, 1.54) is 0 Å². The molecule has 4 nitrogen and oxygen atoms in total. The smallest absolute Gasteiger partial charge is 0.255 e. The topological polar surface area (TPSA) is 47.6 Å². The Bertz CT molecular complexity index is 643. The summed E-state index contributed by atoms with van der Waals surface area (Å²) in [4.78, 5) is 12.2. The fraction of sp³-hybridized carbons (Fsp3) is 0.133. The second kappa shape index (κ2) is 5.43. The van der Waals surface area contributed by atoms with Gasteiger partial charge in [-0.1, -0.05) is 29.8 Å². The van der Waals surface area contributed by atoms with Crippen LogP contribution < -0.4 is 14.8 Å². The molecule has 0 saturated carbocycles. The first-order valence-electron chi connectivity index (χ1n) is 6.19. The zero-order valence-corrected chi connectivity index (χ0v) is 11.3. The molecule has 2 aromatic carbocycles. The van der Waals surface area contributed by atoms with Crippen LogP contribution in [-0.2, 0) is 0 Å². The van der Waals surface area contributed by atoms with E-state index in [1.807, 2.05) is 30.3 Å². The number of anilines is 1. The molecular formula is C15H12ClNO3. The second-order valence-electron chi connectivity index (χ2n) is 4.30. The monoisotopic (exact) mass is 289 g/mol. The number of para-hydroxylation sites is 1. The fourth-order valence-corrected chi connectivity index (χ4v) is 2.23. The highest BCUT2D eigenvalue weighted by atomic mass is 35.5. The first-order chi connectivity index (χ1) is 9.74. The lowest BCUT2D eigenvalue weighted by molar-refractivity contribution is 0.102. The summed E-state index contributed by atoms with van der Waals surface area (Å²) in [6.45, 7) is 0.912. The van der Waals surface area contributed by atoms with E-state index in [2.05, 4.69) is 5.32 Å². The number of amides is 1.